The summed E-state index contributed by atoms with van der Waals surface area (Å²) < 4.78 is 6.75. The summed E-state index contributed by atoms with van der Waals surface area (Å²) in [5.41, 5.74) is 2.90. The third-order valence-electron chi connectivity index (χ3n) is 4.87. The number of benzene rings is 2. The van der Waals surface area contributed by atoms with Crippen molar-refractivity contribution in [1.29, 1.82) is 0 Å². The zero-order valence-corrected chi connectivity index (χ0v) is 15.7. The van der Waals surface area contributed by atoms with Crippen LogP contribution in [0.15, 0.2) is 48.5 Å². The van der Waals surface area contributed by atoms with E-state index in [1.807, 2.05) is 6.07 Å². The van der Waals surface area contributed by atoms with Gasteiger partial charge in [-0.15, -0.1) is 0 Å². The minimum absolute atomic E-state index is 0.326. The number of hydrogen-bond acceptors (Lipinski definition) is 2. The number of nitrogens with zero attached hydrogens (tertiary/aromatic N) is 1. The molecule has 1 aliphatic rings. The summed E-state index contributed by atoms with van der Waals surface area (Å²) in [6.07, 6.45) is 2.00. The van der Waals surface area contributed by atoms with Crippen LogP contribution in [0.25, 0.3) is 0 Å². The molecule has 0 radical (unpaired) electrons. The molecule has 2 aromatic carbocycles. The van der Waals surface area contributed by atoms with E-state index in [1.54, 1.807) is 0 Å². The maximum Gasteiger partial charge on any atom is 0.120 e. The second-order valence-electron chi connectivity index (χ2n) is 7.40. The Hall–Kier alpha value is -1.35. The summed E-state index contributed by atoms with van der Waals surface area (Å²) in [4.78, 5) is 2.22. The van der Waals surface area contributed by atoms with Crippen molar-refractivity contribution in [1.82, 2.24) is 4.90 Å². The molecule has 0 N–H and O–H groups in total. The number of ether oxygens (including phenoxy) is 1. The molecular formula is C21H26ClNO. The van der Waals surface area contributed by atoms with Gasteiger partial charge in [0.15, 0.2) is 0 Å². The van der Waals surface area contributed by atoms with Gasteiger partial charge in [0.05, 0.1) is 5.60 Å². The van der Waals surface area contributed by atoms with Crippen LogP contribution in [0, 0.1) is 0 Å². The Morgan fingerprint density at radius 1 is 1.00 bits per heavy atom. The Kier molecular flexibility index (Phi) is 4.74. The van der Waals surface area contributed by atoms with E-state index in [9.17, 15) is 0 Å². The molecule has 128 valence electrons. The van der Waals surface area contributed by atoms with Gasteiger partial charge >= 0.3 is 0 Å². The molecule has 0 amide bonds. The lowest BCUT2D eigenvalue weighted by Crippen LogP contribution is -2.31. The smallest absolute Gasteiger partial charge is 0.120 e. The van der Waals surface area contributed by atoms with Crippen molar-refractivity contribution < 1.29 is 4.74 Å². The third-order valence-corrected chi connectivity index (χ3v) is 5.10. The molecule has 1 atom stereocenters. The Morgan fingerprint density at radius 2 is 1.71 bits per heavy atom. The fourth-order valence-corrected chi connectivity index (χ4v) is 3.99. The molecule has 24 heavy (non-hydrogen) atoms. The van der Waals surface area contributed by atoms with Gasteiger partial charge in [0.2, 0.25) is 0 Å². The molecule has 1 unspecified atom stereocenters. The highest BCUT2D eigenvalue weighted by Crippen LogP contribution is 2.53. The normalized spacial score (nSPS) is 21.9. The van der Waals surface area contributed by atoms with Crippen LogP contribution >= 0.6 is 11.6 Å². The van der Waals surface area contributed by atoms with Crippen molar-refractivity contribution in [3.05, 3.63) is 70.2 Å². The first kappa shape index (κ1) is 17.5. The first-order valence-electron chi connectivity index (χ1n) is 8.56. The van der Waals surface area contributed by atoms with E-state index < -0.39 is 5.60 Å². The van der Waals surface area contributed by atoms with Gasteiger partial charge in [-0.25, -0.2) is 0 Å². The molecular weight excluding hydrogens is 318 g/mol. The lowest BCUT2D eigenvalue weighted by Gasteiger charge is -2.34. The van der Waals surface area contributed by atoms with Crippen LogP contribution < -0.4 is 0 Å². The van der Waals surface area contributed by atoms with Gasteiger partial charge in [0.1, 0.15) is 5.60 Å². The lowest BCUT2D eigenvalue weighted by atomic mass is 9.81. The number of rotatable bonds is 5. The first-order chi connectivity index (χ1) is 11.3. The van der Waals surface area contributed by atoms with Gasteiger partial charge in [-0.1, -0.05) is 48.0 Å². The number of hydrogen-bond donors (Lipinski definition) is 0. The maximum absolute atomic E-state index is 6.75. The molecule has 0 saturated carbocycles. The van der Waals surface area contributed by atoms with E-state index in [-0.39, 0.29) is 5.60 Å². The quantitative estimate of drug-likeness (QED) is 0.740. The Labute approximate surface area is 150 Å². The van der Waals surface area contributed by atoms with E-state index >= 15 is 0 Å². The minimum Gasteiger partial charge on any atom is -0.355 e. The standard InChI is InChI=1S/C21H26ClNO/c1-20(2)18-12-11-17(22)15-19(18)21(24-20,13-8-14-23(3)4)16-9-6-5-7-10-16/h5-7,9-12,15H,8,13-14H2,1-4H3. The second-order valence-corrected chi connectivity index (χ2v) is 7.84. The fraction of sp³-hybridized carbons (Fsp3) is 0.429. The molecule has 0 aliphatic carbocycles. The molecule has 3 rings (SSSR count). The van der Waals surface area contributed by atoms with Crippen LogP contribution in [0.3, 0.4) is 0 Å². The molecule has 0 spiro atoms. The van der Waals surface area contributed by atoms with Crippen LogP contribution in [-0.4, -0.2) is 25.5 Å². The van der Waals surface area contributed by atoms with Crippen LogP contribution in [0.4, 0.5) is 0 Å². The van der Waals surface area contributed by atoms with E-state index in [2.05, 4.69) is 75.3 Å². The summed E-state index contributed by atoms with van der Waals surface area (Å²) in [7, 11) is 4.22. The van der Waals surface area contributed by atoms with Crippen molar-refractivity contribution in [3.8, 4) is 0 Å². The SMILES string of the molecule is CN(C)CCCC1(c2ccccc2)OC(C)(C)c2ccc(Cl)cc21. The molecule has 0 aromatic heterocycles. The van der Waals surface area contributed by atoms with Crippen LogP contribution in [0.5, 0.6) is 0 Å². The zero-order valence-electron chi connectivity index (χ0n) is 15.0. The monoisotopic (exact) mass is 343 g/mol. The molecule has 0 fully saturated rings. The van der Waals surface area contributed by atoms with Crippen molar-refractivity contribution >= 4 is 11.6 Å². The summed E-state index contributed by atoms with van der Waals surface area (Å²) >= 11 is 6.35. The predicted molar refractivity (Wildman–Crippen MR) is 101 cm³/mol. The topological polar surface area (TPSA) is 12.5 Å². The largest absolute Gasteiger partial charge is 0.355 e. The minimum atomic E-state index is -0.430. The Bertz CT molecular complexity index is 711. The van der Waals surface area contributed by atoms with Crippen molar-refractivity contribution in [2.24, 2.45) is 0 Å². The van der Waals surface area contributed by atoms with Crippen LogP contribution in [-0.2, 0) is 15.9 Å². The van der Waals surface area contributed by atoms with Crippen molar-refractivity contribution in [3.63, 3.8) is 0 Å². The highest BCUT2D eigenvalue weighted by atomic mass is 35.5. The Balaban J connectivity index is 2.11. The third kappa shape index (κ3) is 3.11. The number of fused-ring (bicyclic) bond motifs is 1. The van der Waals surface area contributed by atoms with Gasteiger partial charge in [-0.3, -0.25) is 0 Å². The molecule has 1 aliphatic heterocycles. The zero-order chi connectivity index (χ0) is 17.4. The van der Waals surface area contributed by atoms with Crippen LogP contribution in [0.1, 0.15) is 43.4 Å². The van der Waals surface area contributed by atoms with Crippen LogP contribution in [0.2, 0.25) is 5.02 Å². The molecule has 1 heterocycles. The van der Waals surface area contributed by atoms with Gasteiger partial charge in [0, 0.05) is 5.02 Å². The number of halogens is 1. The molecule has 3 heteroatoms. The van der Waals surface area contributed by atoms with E-state index in [4.69, 9.17) is 16.3 Å². The first-order valence-corrected chi connectivity index (χ1v) is 8.94. The van der Waals surface area contributed by atoms with Crippen molar-refractivity contribution in [2.75, 3.05) is 20.6 Å². The highest BCUT2D eigenvalue weighted by Gasteiger charge is 2.49. The summed E-state index contributed by atoms with van der Waals surface area (Å²) in [6.45, 7) is 5.33. The summed E-state index contributed by atoms with van der Waals surface area (Å²) in [5.74, 6) is 0. The van der Waals surface area contributed by atoms with E-state index in [1.165, 1.54) is 16.7 Å². The average molecular weight is 344 g/mol. The Morgan fingerprint density at radius 3 is 2.38 bits per heavy atom. The van der Waals surface area contributed by atoms with Gasteiger partial charge < -0.3 is 9.64 Å². The van der Waals surface area contributed by atoms with Gasteiger partial charge in [-0.2, -0.15) is 0 Å². The van der Waals surface area contributed by atoms with Gasteiger partial charge in [-0.05, 0) is 76.2 Å². The molecule has 2 aromatic rings. The molecule has 2 nitrogen and oxygen atoms in total. The average Bonchev–Trinajstić information content (AvgIpc) is 2.76. The molecule has 0 saturated heterocycles. The highest BCUT2D eigenvalue weighted by molar-refractivity contribution is 6.30. The van der Waals surface area contributed by atoms with E-state index in [0.29, 0.717) is 0 Å². The summed E-state index contributed by atoms with van der Waals surface area (Å²) in [6, 6.07) is 16.7. The lowest BCUT2D eigenvalue weighted by molar-refractivity contribution is -0.107. The molecule has 0 bridgehead atoms. The maximum atomic E-state index is 6.75. The summed E-state index contributed by atoms with van der Waals surface area (Å²) in [5, 5.41) is 0.767. The van der Waals surface area contributed by atoms with Crippen molar-refractivity contribution in [2.45, 2.75) is 37.9 Å². The van der Waals surface area contributed by atoms with E-state index in [0.717, 1.165) is 24.4 Å². The fourth-order valence-electron chi connectivity index (χ4n) is 3.82. The second kappa shape index (κ2) is 6.51. The van der Waals surface area contributed by atoms with Gasteiger partial charge in [0.25, 0.3) is 0 Å². The predicted octanol–water partition coefficient (Wildman–Crippen LogP) is 5.19.